The maximum Gasteiger partial charge on any atom is 0.194 e. The molecule has 6 aromatic rings. The third kappa shape index (κ3) is 3.47. The summed E-state index contributed by atoms with van der Waals surface area (Å²) in [4.78, 5) is 14.2. The summed E-state index contributed by atoms with van der Waals surface area (Å²) < 4.78 is 3.20. The summed E-state index contributed by atoms with van der Waals surface area (Å²) >= 11 is 3.98. The molecule has 0 saturated carbocycles. The Morgan fingerprint density at radius 2 is 1.19 bits per heavy atom. The molecule has 2 aromatic heterocycles. The van der Waals surface area contributed by atoms with Gasteiger partial charge < -0.3 is 0 Å². The molecule has 0 aliphatic carbocycles. The Morgan fingerprint density at radius 1 is 0.531 bits per heavy atom. The molecule has 2 heterocycles. The van der Waals surface area contributed by atoms with Crippen molar-refractivity contribution in [2.75, 3.05) is 0 Å². The van der Waals surface area contributed by atoms with Crippen molar-refractivity contribution in [1.82, 2.24) is 15.0 Å². The lowest BCUT2D eigenvalue weighted by molar-refractivity contribution is 1.03. The van der Waals surface area contributed by atoms with E-state index in [-0.39, 0.29) is 0 Å². The first-order valence-corrected chi connectivity index (χ1v) is 12.1. The van der Waals surface area contributed by atoms with Crippen LogP contribution in [0.3, 0.4) is 0 Å². The van der Waals surface area contributed by atoms with Crippen molar-refractivity contribution in [3.63, 3.8) is 0 Å². The van der Waals surface area contributed by atoms with Crippen molar-refractivity contribution in [3.8, 4) is 33.9 Å². The molecule has 32 heavy (non-hydrogen) atoms. The highest BCUT2D eigenvalue weighted by molar-refractivity contribution is 14.1. The van der Waals surface area contributed by atoms with Crippen molar-refractivity contribution in [2.24, 2.45) is 0 Å². The van der Waals surface area contributed by atoms with Crippen molar-refractivity contribution in [1.29, 1.82) is 0 Å². The van der Waals surface area contributed by atoms with Crippen LogP contribution in [0.15, 0.2) is 97.1 Å². The monoisotopic (exact) mass is 541 g/mol. The first-order valence-electron chi connectivity index (χ1n) is 10.2. The quantitative estimate of drug-likeness (QED) is 0.214. The van der Waals surface area contributed by atoms with Crippen LogP contribution in [0.4, 0.5) is 0 Å². The third-order valence-corrected chi connectivity index (χ3v) is 7.12. The van der Waals surface area contributed by atoms with E-state index in [9.17, 15) is 0 Å². The summed E-state index contributed by atoms with van der Waals surface area (Å²) in [7, 11) is 0. The maximum absolute atomic E-state index is 4.89. The highest BCUT2D eigenvalue weighted by atomic mass is 127. The van der Waals surface area contributed by atoms with Gasteiger partial charge in [0.15, 0.2) is 15.5 Å². The molecule has 0 bridgehead atoms. The topological polar surface area (TPSA) is 38.7 Å². The van der Waals surface area contributed by atoms with Gasteiger partial charge in [-0.1, -0.05) is 84.9 Å². The molecule has 152 valence electrons. The van der Waals surface area contributed by atoms with Crippen LogP contribution in [-0.2, 0) is 0 Å². The fraction of sp³-hybridized carbons (Fsp3) is 0. The van der Waals surface area contributed by atoms with Crippen molar-refractivity contribution >= 4 is 54.1 Å². The minimum atomic E-state index is 0.686. The molecule has 5 heteroatoms. The third-order valence-electron chi connectivity index (χ3n) is 5.50. The number of nitrogens with zero attached hydrogens (tertiary/aromatic N) is 3. The van der Waals surface area contributed by atoms with E-state index in [1.165, 1.54) is 31.3 Å². The normalized spacial score (nSPS) is 11.3. The summed E-state index contributed by atoms with van der Waals surface area (Å²) in [6, 6.07) is 33.6. The predicted octanol–water partition coefficient (Wildman–Crippen LogP) is 7.85. The van der Waals surface area contributed by atoms with Gasteiger partial charge in [-0.2, -0.15) is 0 Å². The zero-order chi connectivity index (χ0) is 21.5. The Kier molecular flexibility index (Phi) is 4.92. The lowest BCUT2D eigenvalue weighted by Gasteiger charge is -2.08. The number of aromatic nitrogens is 3. The second-order valence-electron chi connectivity index (χ2n) is 7.47. The van der Waals surface area contributed by atoms with E-state index in [1.54, 1.807) is 11.3 Å². The van der Waals surface area contributed by atoms with Crippen molar-refractivity contribution < 1.29 is 0 Å². The molecule has 6 rings (SSSR count). The van der Waals surface area contributed by atoms with Gasteiger partial charge in [-0.15, -0.1) is 11.3 Å². The molecule has 0 spiro atoms. The average molecular weight is 541 g/mol. The Labute approximate surface area is 203 Å². The molecule has 0 saturated heterocycles. The van der Waals surface area contributed by atoms with E-state index in [0.29, 0.717) is 15.5 Å². The molecular weight excluding hydrogens is 525 g/mol. The molecule has 0 radical (unpaired) electrons. The summed E-state index contributed by atoms with van der Waals surface area (Å²) in [6.45, 7) is 0. The molecule has 4 aromatic carbocycles. The summed E-state index contributed by atoms with van der Waals surface area (Å²) in [6.07, 6.45) is 0. The maximum atomic E-state index is 4.89. The van der Waals surface area contributed by atoms with Crippen LogP contribution >= 0.6 is 33.9 Å². The number of hydrogen-bond acceptors (Lipinski definition) is 4. The van der Waals surface area contributed by atoms with Crippen LogP contribution in [0.2, 0.25) is 0 Å². The lowest BCUT2D eigenvalue weighted by atomic mass is 10.0. The number of hydrogen-bond donors (Lipinski definition) is 0. The molecule has 0 aliphatic rings. The van der Waals surface area contributed by atoms with E-state index in [4.69, 9.17) is 9.97 Å². The minimum Gasteiger partial charge on any atom is -0.208 e. The minimum absolute atomic E-state index is 0.686. The van der Waals surface area contributed by atoms with E-state index >= 15 is 0 Å². The number of thiophene rings is 1. The van der Waals surface area contributed by atoms with Crippen LogP contribution in [0.1, 0.15) is 0 Å². The smallest absolute Gasteiger partial charge is 0.194 e. The molecule has 0 amide bonds. The van der Waals surface area contributed by atoms with Crippen molar-refractivity contribution in [2.45, 2.75) is 0 Å². The Balaban J connectivity index is 1.48. The number of fused-ring (bicyclic) bond motifs is 3. The van der Waals surface area contributed by atoms with E-state index < -0.39 is 0 Å². The van der Waals surface area contributed by atoms with Crippen LogP contribution in [0.5, 0.6) is 0 Å². The summed E-state index contributed by atoms with van der Waals surface area (Å²) in [5.41, 5.74) is 4.39. The zero-order valence-corrected chi connectivity index (χ0v) is 19.8. The Hall–Kier alpha value is -3.16. The molecule has 0 atom stereocenters. The highest BCUT2D eigenvalue weighted by Crippen LogP contribution is 2.39. The fourth-order valence-electron chi connectivity index (χ4n) is 4.00. The van der Waals surface area contributed by atoms with E-state index in [2.05, 4.69) is 119 Å². The van der Waals surface area contributed by atoms with Gasteiger partial charge in [-0.05, 0) is 23.3 Å². The second-order valence-corrected chi connectivity index (χ2v) is 9.52. The number of rotatable bonds is 3. The van der Waals surface area contributed by atoms with Gasteiger partial charge in [0.1, 0.15) is 0 Å². The molecule has 0 aliphatic heterocycles. The Bertz CT molecular complexity index is 1570. The SMILES string of the molecule is Ic1nc(-c2ccc(-c3ccccc3)cc2)nc(-c2cccc3sc4ccccc4c23)n1. The summed E-state index contributed by atoms with van der Waals surface area (Å²) in [5.74, 6) is 1.40. The van der Waals surface area contributed by atoms with E-state index in [1.807, 2.05) is 6.07 Å². The first kappa shape index (κ1) is 19.5. The first-order chi connectivity index (χ1) is 15.8. The van der Waals surface area contributed by atoms with Crippen LogP contribution in [0, 0.1) is 3.83 Å². The largest absolute Gasteiger partial charge is 0.208 e. The molecule has 0 unspecified atom stereocenters. The molecule has 3 nitrogen and oxygen atoms in total. The standard InChI is InChI=1S/C27H16IN3S/c28-27-30-25(19-15-13-18(14-16-19)17-7-2-1-3-8-17)29-26(31-27)21-10-6-12-23-24(21)20-9-4-5-11-22(20)32-23/h1-16H. The van der Waals surface area contributed by atoms with Crippen LogP contribution in [-0.4, -0.2) is 15.0 Å². The van der Waals surface area contributed by atoms with E-state index in [0.717, 1.165) is 11.1 Å². The van der Waals surface area contributed by atoms with Gasteiger partial charge in [0.25, 0.3) is 0 Å². The number of benzene rings is 4. The average Bonchev–Trinajstić information content (AvgIpc) is 3.23. The molecular formula is C27H16IN3S. The molecule has 0 fully saturated rings. The fourth-order valence-corrected chi connectivity index (χ4v) is 5.59. The van der Waals surface area contributed by atoms with Gasteiger partial charge in [0, 0.05) is 53.9 Å². The van der Waals surface area contributed by atoms with Gasteiger partial charge in [-0.25, -0.2) is 15.0 Å². The predicted molar refractivity (Wildman–Crippen MR) is 142 cm³/mol. The Morgan fingerprint density at radius 3 is 2.03 bits per heavy atom. The van der Waals surface area contributed by atoms with Gasteiger partial charge in [0.2, 0.25) is 0 Å². The zero-order valence-electron chi connectivity index (χ0n) is 16.9. The lowest BCUT2D eigenvalue weighted by Crippen LogP contribution is -1.99. The molecule has 0 N–H and O–H groups in total. The van der Waals surface area contributed by atoms with Gasteiger partial charge in [0.05, 0.1) is 0 Å². The highest BCUT2D eigenvalue weighted by Gasteiger charge is 2.15. The second kappa shape index (κ2) is 8.07. The number of halogens is 1. The summed E-state index contributed by atoms with van der Waals surface area (Å²) in [5, 5.41) is 2.45. The van der Waals surface area contributed by atoms with Crippen LogP contribution < -0.4 is 0 Å². The van der Waals surface area contributed by atoms with Crippen LogP contribution in [0.25, 0.3) is 54.1 Å². The van der Waals surface area contributed by atoms with Gasteiger partial charge in [-0.3, -0.25) is 0 Å². The van der Waals surface area contributed by atoms with Gasteiger partial charge >= 0.3 is 0 Å². The van der Waals surface area contributed by atoms with Crippen molar-refractivity contribution in [3.05, 3.63) is 101 Å².